The Morgan fingerprint density at radius 3 is 2.96 bits per heavy atom. The van der Waals surface area contributed by atoms with Crippen LogP contribution in [0.4, 0.5) is 0 Å². The SMILES string of the molecule is CCC(C)(NC(=O)CCCc1c[nH]c2ccccc12)c1nccs1. The number of nitrogens with zero attached hydrogens (tertiary/aromatic N) is 1. The first-order valence-corrected chi connectivity index (χ1v) is 9.26. The van der Waals surface area contributed by atoms with E-state index in [1.807, 2.05) is 30.6 Å². The lowest BCUT2D eigenvalue weighted by Gasteiger charge is -2.27. The van der Waals surface area contributed by atoms with Crippen molar-refractivity contribution >= 4 is 28.1 Å². The molecule has 1 unspecified atom stereocenters. The molecule has 0 fully saturated rings. The molecular formula is C19H23N3OS. The lowest BCUT2D eigenvalue weighted by Crippen LogP contribution is -2.42. The highest BCUT2D eigenvalue weighted by molar-refractivity contribution is 7.09. The number of fused-ring (bicyclic) bond motifs is 1. The Morgan fingerprint density at radius 2 is 2.21 bits per heavy atom. The number of amides is 1. The average Bonchev–Trinajstić information content (AvgIpc) is 3.25. The molecule has 0 radical (unpaired) electrons. The molecule has 1 amide bonds. The van der Waals surface area contributed by atoms with Gasteiger partial charge in [0, 0.05) is 35.1 Å². The molecule has 0 spiro atoms. The van der Waals surface area contributed by atoms with E-state index in [0.29, 0.717) is 6.42 Å². The van der Waals surface area contributed by atoms with Crippen molar-refractivity contribution in [2.45, 2.75) is 45.1 Å². The molecule has 2 aromatic heterocycles. The number of aromatic amines is 1. The number of aryl methyl sites for hydroxylation is 1. The molecule has 24 heavy (non-hydrogen) atoms. The third kappa shape index (κ3) is 3.51. The predicted molar refractivity (Wildman–Crippen MR) is 99.1 cm³/mol. The van der Waals surface area contributed by atoms with Crippen molar-refractivity contribution < 1.29 is 4.79 Å². The number of benzene rings is 1. The van der Waals surface area contributed by atoms with Gasteiger partial charge in [-0.05, 0) is 37.8 Å². The Bertz CT molecular complexity index is 809. The summed E-state index contributed by atoms with van der Waals surface area (Å²) >= 11 is 1.59. The Balaban J connectivity index is 1.56. The fourth-order valence-electron chi connectivity index (χ4n) is 2.94. The van der Waals surface area contributed by atoms with Gasteiger partial charge in [-0.2, -0.15) is 0 Å². The zero-order valence-corrected chi connectivity index (χ0v) is 15.0. The maximum atomic E-state index is 12.4. The van der Waals surface area contributed by atoms with E-state index >= 15 is 0 Å². The summed E-state index contributed by atoms with van der Waals surface area (Å²) in [5.41, 5.74) is 2.06. The lowest BCUT2D eigenvalue weighted by atomic mass is 9.99. The van der Waals surface area contributed by atoms with Crippen LogP contribution in [-0.2, 0) is 16.8 Å². The van der Waals surface area contributed by atoms with Gasteiger partial charge in [-0.15, -0.1) is 11.3 Å². The van der Waals surface area contributed by atoms with Crippen molar-refractivity contribution in [2.75, 3.05) is 0 Å². The smallest absolute Gasteiger partial charge is 0.220 e. The summed E-state index contributed by atoms with van der Waals surface area (Å²) < 4.78 is 0. The Morgan fingerprint density at radius 1 is 1.38 bits per heavy atom. The molecule has 0 aliphatic heterocycles. The van der Waals surface area contributed by atoms with Gasteiger partial charge in [0.2, 0.25) is 5.91 Å². The van der Waals surface area contributed by atoms with Gasteiger partial charge < -0.3 is 10.3 Å². The molecule has 3 rings (SSSR count). The van der Waals surface area contributed by atoms with E-state index in [1.165, 1.54) is 10.9 Å². The van der Waals surface area contributed by atoms with Gasteiger partial charge >= 0.3 is 0 Å². The summed E-state index contributed by atoms with van der Waals surface area (Å²) in [5.74, 6) is 0.0920. The first-order valence-electron chi connectivity index (χ1n) is 8.38. The Kier molecular flexibility index (Phi) is 5.00. The molecule has 1 aromatic carbocycles. The van der Waals surface area contributed by atoms with E-state index in [-0.39, 0.29) is 11.4 Å². The fraction of sp³-hybridized carbons (Fsp3) is 0.368. The summed E-state index contributed by atoms with van der Waals surface area (Å²) in [6.45, 7) is 4.12. The number of para-hydroxylation sites is 1. The second-order valence-corrected chi connectivity index (χ2v) is 7.18. The van der Waals surface area contributed by atoms with E-state index in [0.717, 1.165) is 29.8 Å². The van der Waals surface area contributed by atoms with Gasteiger partial charge in [0.25, 0.3) is 0 Å². The normalized spacial score (nSPS) is 13.8. The molecule has 126 valence electrons. The highest BCUT2D eigenvalue weighted by Gasteiger charge is 2.28. The quantitative estimate of drug-likeness (QED) is 0.669. The second-order valence-electron chi connectivity index (χ2n) is 6.28. The molecule has 0 saturated heterocycles. The van der Waals surface area contributed by atoms with Crippen LogP contribution in [0.15, 0.2) is 42.0 Å². The van der Waals surface area contributed by atoms with Crippen molar-refractivity contribution in [3.63, 3.8) is 0 Å². The van der Waals surface area contributed by atoms with Gasteiger partial charge in [-0.25, -0.2) is 4.98 Å². The number of aromatic nitrogens is 2. The minimum absolute atomic E-state index is 0.0920. The monoisotopic (exact) mass is 341 g/mol. The van der Waals surface area contributed by atoms with Crippen molar-refractivity contribution in [3.8, 4) is 0 Å². The predicted octanol–water partition coefficient (Wildman–Crippen LogP) is 4.39. The Labute approximate surface area is 146 Å². The number of hydrogen-bond donors (Lipinski definition) is 2. The number of nitrogens with one attached hydrogen (secondary N) is 2. The maximum absolute atomic E-state index is 12.4. The van der Waals surface area contributed by atoms with Crippen LogP contribution in [0.2, 0.25) is 0 Å². The molecule has 2 heterocycles. The molecular weight excluding hydrogens is 318 g/mol. The van der Waals surface area contributed by atoms with Gasteiger partial charge in [0.05, 0.1) is 5.54 Å². The Hall–Kier alpha value is -2.14. The zero-order chi connectivity index (χ0) is 17.0. The van der Waals surface area contributed by atoms with E-state index in [4.69, 9.17) is 0 Å². The van der Waals surface area contributed by atoms with Gasteiger partial charge in [0.1, 0.15) is 5.01 Å². The standard InChI is InChI=1S/C19H23N3OS/c1-3-19(2,18-20-11-12-24-18)22-17(23)10-6-7-14-13-21-16-9-5-4-8-15(14)16/h4-5,8-9,11-13,21H,3,6-7,10H2,1-2H3,(H,22,23). The van der Waals surface area contributed by atoms with Crippen molar-refractivity contribution in [2.24, 2.45) is 0 Å². The van der Waals surface area contributed by atoms with Crippen LogP contribution in [-0.4, -0.2) is 15.9 Å². The zero-order valence-electron chi connectivity index (χ0n) is 14.1. The third-order valence-corrected chi connectivity index (χ3v) is 5.59. The highest BCUT2D eigenvalue weighted by Crippen LogP contribution is 2.26. The van der Waals surface area contributed by atoms with E-state index in [1.54, 1.807) is 17.5 Å². The van der Waals surface area contributed by atoms with Gasteiger partial charge in [-0.1, -0.05) is 25.1 Å². The number of carbonyl (C=O) groups is 1. The van der Waals surface area contributed by atoms with Gasteiger partial charge in [0.15, 0.2) is 0 Å². The summed E-state index contributed by atoms with van der Waals surface area (Å²) in [6.07, 6.45) is 6.93. The van der Waals surface area contributed by atoms with E-state index in [2.05, 4.69) is 34.3 Å². The molecule has 1 atom stereocenters. The molecule has 0 saturated carbocycles. The van der Waals surface area contributed by atoms with Crippen LogP contribution < -0.4 is 5.32 Å². The van der Waals surface area contributed by atoms with Crippen LogP contribution in [0.5, 0.6) is 0 Å². The largest absolute Gasteiger partial charge is 0.361 e. The van der Waals surface area contributed by atoms with Gasteiger partial charge in [-0.3, -0.25) is 4.79 Å². The summed E-state index contributed by atoms with van der Waals surface area (Å²) in [6, 6.07) is 8.28. The summed E-state index contributed by atoms with van der Waals surface area (Å²) in [7, 11) is 0. The summed E-state index contributed by atoms with van der Waals surface area (Å²) in [5, 5.41) is 7.33. The fourth-order valence-corrected chi connectivity index (χ4v) is 3.76. The van der Waals surface area contributed by atoms with E-state index < -0.39 is 0 Å². The number of rotatable bonds is 7. The number of hydrogen-bond acceptors (Lipinski definition) is 3. The van der Waals surface area contributed by atoms with Crippen molar-refractivity contribution in [1.82, 2.24) is 15.3 Å². The number of H-pyrrole nitrogens is 1. The first kappa shape index (κ1) is 16.7. The molecule has 0 aliphatic rings. The highest BCUT2D eigenvalue weighted by atomic mass is 32.1. The van der Waals surface area contributed by atoms with Crippen molar-refractivity contribution in [1.29, 1.82) is 0 Å². The topological polar surface area (TPSA) is 57.8 Å². The second kappa shape index (κ2) is 7.18. The molecule has 2 N–H and O–H groups in total. The molecule has 5 heteroatoms. The van der Waals surface area contributed by atoms with Crippen LogP contribution in [0, 0.1) is 0 Å². The lowest BCUT2D eigenvalue weighted by molar-refractivity contribution is -0.123. The molecule has 0 aliphatic carbocycles. The van der Waals surface area contributed by atoms with Crippen LogP contribution in [0.3, 0.4) is 0 Å². The molecule has 0 bridgehead atoms. The minimum Gasteiger partial charge on any atom is -0.361 e. The molecule has 3 aromatic rings. The van der Waals surface area contributed by atoms with Crippen LogP contribution in [0.1, 0.15) is 43.7 Å². The van der Waals surface area contributed by atoms with Crippen LogP contribution in [0.25, 0.3) is 10.9 Å². The maximum Gasteiger partial charge on any atom is 0.220 e. The van der Waals surface area contributed by atoms with Crippen LogP contribution >= 0.6 is 11.3 Å². The average molecular weight is 341 g/mol. The minimum atomic E-state index is -0.369. The van der Waals surface area contributed by atoms with E-state index in [9.17, 15) is 4.79 Å². The summed E-state index contributed by atoms with van der Waals surface area (Å²) in [4.78, 5) is 20.0. The third-order valence-electron chi connectivity index (χ3n) is 4.55. The number of thiazole rings is 1. The molecule has 4 nitrogen and oxygen atoms in total. The van der Waals surface area contributed by atoms with Crippen molar-refractivity contribution in [3.05, 3.63) is 52.6 Å². The first-order chi connectivity index (χ1) is 11.6. The number of carbonyl (C=O) groups excluding carboxylic acids is 1.